The van der Waals surface area contributed by atoms with Gasteiger partial charge >= 0.3 is 0 Å². The first kappa shape index (κ1) is 17.7. The van der Waals surface area contributed by atoms with Crippen molar-refractivity contribution in [1.29, 1.82) is 0 Å². The van der Waals surface area contributed by atoms with Crippen LogP contribution < -0.4 is 0 Å². The first-order valence-corrected chi connectivity index (χ1v) is 9.29. The molecule has 0 spiro atoms. The largest absolute Gasteiger partial charge is 0.336 e. The molecule has 0 N–H and O–H groups in total. The van der Waals surface area contributed by atoms with Crippen LogP contribution in [0.15, 0.2) is 60.7 Å². The number of nitrogens with zero attached hydrogens (tertiary/aromatic N) is 2. The number of amides is 2. The van der Waals surface area contributed by atoms with Crippen LogP contribution in [0, 0.1) is 3.57 Å². The molecule has 1 saturated heterocycles. The zero-order valence-corrected chi connectivity index (χ0v) is 15.9. The second-order valence-corrected chi connectivity index (χ2v) is 7.00. The van der Waals surface area contributed by atoms with Crippen LogP contribution in [-0.2, 0) is 4.79 Å². The summed E-state index contributed by atoms with van der Waals surface area (Å²) < 4.78 is 0.953. The van der Waals surface area contributed by atoms with Gasteiger partial charge in [0.25, 0.3) is 5.91 Å². The van der Waals surface area contributed by atoms with E-state index in [1.807, 2.05) is 65.6 Å². The second-order valence-electron chi connectivity index (χ2n) is 5.84. The Morgan fingerprint density at radius 1 is 0.840 bits per heavy atom. The van der Waals surface area contributed by atoms with Crippen molar-refractivity contribution in [2.75, 3.05) is 26.2 Å². The molecule has 0 bridgehead atoms. The normalized spacial score (nSPS) is 14.8. The number of carbonyl (C=O) groups excluding carboxylic acids is 2. The van der Waals surface area contributed by atoms with Gasteiger partial charge in [-0.1, -0.05) is 42.5 Å². The minimum Gasteiger partial charge on any atom is -0.336 e. The SMILES string of the molecule is O=C(/C=C/c1ccccc1)N1CCN(C(=O)c2ccccc2I)CC1. The molecule has 2 amide bonds. The third-order valence-corrected chi connectivity index (χ3v) is 5.14. The Morgan fingerprint density at radius 3 is 2.12 bits per heavy atom. The molecule has 5 heteroatoms. The standard InChI is InChI=1S/C20H19IN2O2/c21-18-9-5-4-8-17(18)20(25)23-14-12-22(13-15-23)19(24)11-10-16-6-2-1-3-7-16/h1-11H,12-15H2/b11-10+. The van der Waals surface area contributed by atoms with Gasteiger partial charge in [-0.25, -0.2) is 0 Å². The minimum atomic E-state index is -0.00903. The fourth-order valence-electron chi connectivity index (χ4n) is 2.77. The van der Waals surface area contributed by atoms with E-state index in [0.717, 1.165) is 14.7 Å². The molecule has 4 nitrogen and oxygen atoms in total. The average Bonchev–Trinajstić information content (AvgIpc) is 2.67. The maximum Gasteiger partial charge on any atom is 0.255 e. The predicted molar refractivity (Wildman–Crippen MR) is 107 cm³/mol. The lowest BCUT2D eigenvalue weighted by atomic mass is 10.1. The lowest BCUT2D eigenvalue weighted by Crippen LogP contribution is -2.50. The first-order chi connectivity index (χ1) is 12.1. The fourth-order valence-corrected chi connectivity index (χ4v) is 3.39. The van der Waals surface area contributed by atoms with E-state index in [9.17, 15) is 9.59 Å². The Kier molecular flexibility index (Phi) is 5.86. The van der Waals surface area contributed by atoms with Gasteiger partial charge in [0, 0.05) is 35.8 Å². The number of halogens is 1. The van der Waals surface area contributed by atoms with Crippen molar-refractivity contribution in [3.05, 3.63) is 75.4 Å². The molecular weight excluding hydrogens is 427 g/mol. The van der Waals surface area contributed by atoms with Gasteiger partial charge in [0.1, 0.15) is 0 Å². The molecule has 1 aliphatic rings. The molecule has 128 valence electrons. The minimum absolute atomic E-state index is 0.00903. The molecule has 1 heterocycles. The Hall–Kier alpha value is -2.15. The molecule has 0 aromatic heterocycles. The van der Waals surface area contributed by atoms with Crippen LogP contribution in [0.5, 0.6) is 0 Å². The number of carbonyl (C=O) groups is 2. The van der Waals surface area contributed by atoms with Crippen LogP contribution in [-0.4, -0.2) is 47.8 Å². The molecule has 0 saturated carbocycles. The molecule has 0 aliphatic carbocycles. The molecule has 25 heavy (non-hydrogen) atoms. The summed E-state index contributed by atoms with van der Waals surface area (Å²) in [6.07, 6.45) is 3.43. The first-order valence-electron chi connectivity index (χ1n) is 8.21. The highest BCUT2D eigenvalue weighted by Crippen LogP contribution is 2.15. The molecule has 3 rings (SSSR count). The van der Waals surface area contributed by atoms with E-state index in [4.69, 9.17) is 0 Å². The second kappa shape index (κ2) is 8.29. The summed E-state index contributed by atoms with van der Waals surface area (Å²) in [6.45, 7) is 2.25. The molecule has 2 aromatic rings. The summed E-state index contributed by atoms with van der Waals surface area (Å²) in [4.78, 5) is 28.5. The van der Waals surface area contributed by atoms with Gasteiger partial charge in [-0.2, -0.15) is 0 Å². The summed E-state index contributed by atoms with van der Waals surface area (Å²) in [5.41, 5.74) is 1.73. The summed E-state index contributed by atoms with van der Waals surface area (Å²) >= 11 is 2.18. The fraction of sp³-hybridized carbons (Fsp3) is 0.200. The average molecular weight is 446 g/mol. The number of rotatable bonds is 3. The van der Waals surface area contributed by atoms with Crippen LogP contribution in [0.3, 0.4) is 0 Å². The van der Waals surface area contributed by atoms with Crippen molar-refractivity contribution in [1.82, 2.24) is 9.80 Å². The maximum absolute atomic E-state index is 12.6. The third-order valence-electron chi connectivity index (χ3n) is 4.20. The number of hydrogen-bond donors (Lipinski definition) is 0. The van der Waals surface area contributed by atoms with E-state index in [-0.39, 0.29) is 11.8 Å². The van der Waals surface area contributed by atoms with Crippen LogP contribution in [0.1, 0.15) is 15.9 Å². The van der Waals surface area contributed by atoms with E-state index in [2.05, 4.69) is 22.6 Å². The Bertz CT molecular complexity index is 781. The predicted octanol–water partition coefficient (Wildman–Crippen LogP) is 3.29. The number of piperazine rings is 1. The quantitative estimate of drug-likeness (QED) is 0.537. The van der Waals surface area contributed by atoms with Gasteiger partial charge in [-0.3, -0.25) is 9.59 Å². The van der Waals surface area contributed by atoms with Crippen LogP contribution in [0.4, 0.5) is 0 Å². The van der Waals surface area contributed by atoms with E-state index < -0.39 is 0 Å². The Balaban J connectivity index is 1.56. The number of hydrogen-bond acceptors (Lipinski definition) is 2. The summed E-state index contributed by atoms with van der Waals surface area (Å²) in [6, 6.07) is 17.3. The van der Waals surface area contributed by atoms with E-state index in [1.54, 1.807) is 11.0 Å². The highest BCUT2D eigenvalue weighted by atomic mass is 127. The van der Waals surface area contributed by atoms with Gasteiger partial charge in [0.15, 0.2) is 0 Å². The number of benzene rings is 2. The zero-order valence-electron chi connectivity index (χ0n) is 13.8. The van der Waals surface area contributed by atoms with Crippen molar-refractivity contribution in [3.8, 4) is 0 Å². The van der Waals surface area contributed by atoms with E-state index in [0.29, 0.717) is 26.2 Å². The van der Waals surface area contributed by atoms with E-state index >= 15 is 0 Å². The summed E-state index contributed by atoms with van der Waals surface area (Å²) in [5, 5.41) is 0. The lowest BCUT2D eigenvalue weighted by molar-refractivity contribution is -0.127. The monoisotopic (exact) mass is 446 g/mol. The maximum atomic E-state index is 12.6. The van der Waals surface area contributed by atoms with Crippen molar-refractivity contribution < 1.29 is 9.59 Å². The molecule has 0 atom stereocenters. The Morgan fingerprint density at radius 2 is 1.44 bits per heavy atom. The van der Waals surface area contributed by atoms with Gasteiger partial charge in [-0.05, 0) is 46.4 Å². The summed E-state index contributed by atoms with van der Waals surface area (Å²) in [5.74, 6) is 0.0298. The van der Waals surface area contributed by atoms with Crippen molar-refractivity contribution in [3.63, 3.8) is 0 Å². The lowest BCUT2D eigenvalue weighted by Gasteiger charge is -2.34. The van der Waals surface area contributed by atoms with Crippen molar-refractivity contribution in [2.45, 2.75) is 0 Å². The molecule has 2 aromatic carbocycles. The van der Waals surface area contributed by atoms with Gasteiger partial charge in [-0.15, -0.1) is 0 Å². The van der Waals surface area contributed by atoms with Crippen LogP contribution in [0.25, 0.3) is 6.08 Å². The summed E-state index contributed by atoms with van der Waals surface area (Å²) in [7, 11) is 0. The third kappa shape index (κ3) is 4.48. The van der Waals surface area contributed by atoms with Crippen LogP contribution in [0.2, 0.25) is 0 Å². The highest BCUT2D eigenvalue weighted by Gasteiger charge is 2.24. The highest BCUT2D eigenvalue weighted by molar-refractivity contribution is 14.1. The van der Waals surface area contributed by atoms with Crippen LogP contribution >= 0.6 is 22.6 Å². The Labute approximate surface area is 161 Å². The van der Waals surface area contributed by atoms with E-state index in [1.165, 1.54) is 0 Å². The van der Waals surface area contributed by atoms with Gasteiger partial charge < -0.3 is 9.80 Å². The molecule has 1 fully saturated rings. The molecular formula is C20H19IN2O2. The topological polar surface area (TPSA) is 40.6 Å². The van der Waals surface area contributed by atoms with Crippen molar-refractivity contribution in [2.24, 2.45) is 0 Å². The molecule has 0 radical (unpaired) electrons. The van der Waals surface area contributed by atoms with Gasteiger partial charge in [0.2, 0.25) is 5.91 Å². The zero-order chi connectivity index (χ0) is 17.6. The van der Waals surface area contributed by atoms with Gasteiger partial charge in [0.05, 0.1) is 5.56 Å². The molecule has 0 unspecified atom stereocenters. The van der Waals surface area contributed by atoms with Crippen molar-refractivity contribution >= 4 is 40.5 Å². The molecule has 1 aliphatic heterocycles. The smallest absolute Gasteiger partial charge is 0.255 e.